The SMILES string of the molecule is CCNCc1ccc(F)c(Cn2ncc(Cl)c2C)c1. The minimum absolute atomic E-state index is 0.216. The van der Waals surface area contributed by atoms with Gasteiger partial charge in [0.15, 0.2) is 0 Å². The predicted molar refractivity (Wildman–Crippen MR) is 74.9 cm³/mol. The zero-order valence-electron chi connectivity index (χ0n) is 11.1. The van der Waals surface area contributed by atoms with E-state index in [1.807, 2.05) is 19.9 Å². The van der Waals surface area contributed by atoms with Crippen molar-refractivity contribution in [1.82, 2.24) is 15.1 Å². The van der Waals surface area contributed by atoms with Crippen LogP contribution in [-0.4, -0.2) is 16.3 Å². The molecule has 0 aliphatic heterocycles. The van der Waals surface area contributed by atoms with Crippen LogP contribution < -0.4 is 5.32 Å². The lowest BCUT2D eigenvalue weighted by Gasteiger charge is -2.09. The third kappa shape index (κ3) is 3.33. The van der Waals surface area contributed by atoms with Crippen molar-refractivity contribution in [2.75, 3.05) is 6.54 Å². The molecule has 0 aliphatic rings. The lowest BCUT2D eigenvalue weighted by atomic mass is 10.1. The second kappa shape index (κ2) is 6.17. The number of aromatic nitrogens is 2. The summed E-state index contributed by atoms with van der Waals surface area (Å²) in [5.41, 5.74) is 2.53. The summed E-state index contributed by atoms with van der Waals surface area (Å²) in [6, 6.07) is 5.17. The molecule has 0 bridgehead atoms. The Morgan fingerprint density at radius 1 is 1.42 bits per heavy atom. The van der Waals surface area contributed by atoms with E-state index in [4.69, 9.17) is 11.6 Å². The highest BCUT2D eigenvalue weighted by atomic mass is 35.5. The highest BCUT2D eigenvalue weighted by molar-refractivity contribution is 6.31. The summed E-state index contributed by atoms with van der Waals surface area (Å²) >= 11 is 5.95. The second-order valence-electron chi connectivity index (χ2n) is 4.44. The molecule has 2 rings (SSSR count). The number of hydrogen-bond acceptors (Lipinski definition) is 2. The van der Waals surface area contributed by atoms with Crippen molar-refractivity contribution in [1.29, 1.82) is 0 Å². The van der Waals surface area contributed by atoms with Crippen LogP contribution in [0.4, 0.5) is 4.39 Å². The number of nitrogens with one attached hydrogen (secondary N) is 1. The topological polar surface area (TPSA) is 29.9 Å². The summed E-state index contributed by atoms with van der Waals surface area (Å²) in [5, 5.41) is 7.97. The molecule has 0 amide bonds. The standard InChI is InChI=1S/C14H17ClFN3/c1-3-17-7-11-4-5-14(16)12(6-11)9-19-10(2)13(15)8-18-19/h4-6,8,17H,3,7,9H2,1-2H3. The first-order valence-electron chi connectivity index (χ1n) is 6.27. The van der Waals surface area contributed by atoms with E-state index in [2.05, 4.69) is 10.4 Å². The molecular weight excluding hydrogens is 265 g/mol. The summed E-state index contributed by atoms with van der Waals surface area (Å²) in [6.07, 6.45) is 1.58. The summed E-state index contributed by atoms with van der Waals surface area (Å²) < 4.78 is 15.5. The van der Waals surface area contributed by atoms with E-state index in [9.17, 15) is 4.39 Å². The molecule has 0 atom stereocenters. The average molecular weight is 282 g/mol. The lowest BCUT2D eigenvalue weighted by molar-refractivity contribution is 0.578. The van der Waals surface area contributed by atoms with Crippen LogP contribution in [0.1, 0.15) is 23.7 Å². The zero-order valence-corrected chi connectivity index (χ0v) is 11.8. The van der Waals surface area contributed by atoms with Crippen LogP contribution >= 0.6 is 11.6 Å². The van der Waals surface area contributed by atoms with Crippen molar-refractivity contribution in [3.8, 4) is 0 Å². The van der Waals surface area contributed by atoms with Gasteiger partial charge in [0.05, 0.1) is 23.5 Å². The first kappa shape index (κ1) is 14.0. The van der Waals surface area contributed by atoms with Crippen molar-refractivity contribution in [2.24, 2.45) is 0 Å². The Morgan fingerprint density at radius 3 is 2.84 bits per heavy atom. The Kier molecular flexibility index (Phi) is 4.56. The van der Waals surface area contributed by atoms with Crippen LogP contribution in [0.25, 0.3) is 0 Å². The van der Waals surface area contributed by atoms with Crippen molar-refractivity contribution in [3.05, 3.63) is 52.1 Å². The molecule has 2 aromatic rings. The molecule has 1 aromatic heterocycles. The molecule has 0 saturated carbocycles. The Balaban J connectivity index is 2.21. The molecule has 0 aliphatic carbocycles. The number of nitrogens with zero attached hydrogens (tertiary/aromatic N) is 2. The lowest BCUT2D eigenvalue weighted by Crippen LogP contribution is -2.13. The first-order valence-corrected chi connectivity index (χ1v) is 6.65. The van der Waals surface area contributed by atoms with Crippen LogP contribution in [0.5, 0.6) is 0 Å². The average Bonchev–Trinajstić information content (AvgIpc) is 2.71. The quantitative estimate of drug-likeness (QED) is 0.912. The minimum atomic E-state index is -0.216. The Hall–Kier alpha value is -1.39. The molecule has 0 unspecified atom stereocenters. The maximum Gasteiger partial charge on any atom is 0.128 e. The summed E-state index contributed by atoms with van der Waals surface area (Å²) in [7, 11) is 0. The van der Waals surface area contributed by atoms with Gasteiger partial charge in [-0.15, -0.1) is 0 Å². The molecule has 1 heterocycles. The monoisotopic (exact) mass is 281 g/mol. The van der Waals surface area contributed by atoms with Gasteiger partial charge in [-0.25, -0.2) is 4.39 Å². The Labute approximate surface area is 117 Å². The molecular formula is C14H17ClFN3. The van der Waals surface area contributed by atoms with E-state index in [1.165, 1.54) is 6.07 Å². The van der Waals surface area contributed by atoms with E-state index in [0.29, 0.717) is 17.1 Å². The maximum absolute atomic E-state index is 13.8. The van der Waals surface area contributed by atoms with Gasteiger partial charge in [-0.2, -0.15) is 5.10 Å². The van der Waals surface area contributed by atoms with E-state index in [0.717, 1.165) is 24.3 Å². The van der Waals surface area contributed by atoms with Gasteiger partial charge in [-0.1, -0.05) is 24.6 Å². The van der Waals surface area contributed by atoms with Crippen LogP contribution in [0.3, 0.4) is 0 Å². The van der Waals surface area contributed by atoms with Gasteiger partial charge in [0.1, 0.15) is 5.82 Å². The molecule has 0 saturated heterocycles. The fraction of sp³-hybridized carbons (Fsp3) is 0.357. The summed E-state index contributed by atoms with van der Waals surface area (Å²) in [4.78, 5) is 0. The van der Waals surface area contributed by atoms with Crippen molar-refractivity contribution in [2.45, 2.75) is 26.9 Å². The van der Waals surface area contributed by atoms with Gasteiger partial charge in [0.25, 0.3) is 0 Å². The van der Waals surface area contributed by atoms with Gasteiger partial charge in [0.2, 0.25) is 0 Å². The van der Waals surface area contributed by atoms with Crippen LogP contribution in [-0.2, 0) is 13.1 Å². The van der Waals surface area contributed by atoms with Gasteiger partial charge >= 0.3 is 0 Å². The maximum atomic E-state index is 13.8. The van der Waals surface area contributed by atoms with E-state index in [1.54, 1.807) is 16.9 Å². The van der Waals surface area contributed by atoms with E-state index >= 15 is 0 Å². The zero-order chi connectivity index (χ0) is 13.8. The fourth-order valence-electron chi connectivity index (χ4n) is 1.87. The molecule has 0 radical (unpaired) electrons. The molecule has 102 valence electrons. The van der Waals surface area contributed by atoms with Crippen LogP contribution in [0, 0.1) is 12.7 Å². The molecule has 1 N–H and O–H groups in total. The van der Waals surface area contributed by atoms with E-state index < -0.39 is 0 Å². The van der Waals surface area contributed by atoms with Crippen LogP contribution in [0.2, 0.25) is 5.02 Å². The number of rotatable bonds is 5. The third-order valence-corrected chi connectivity index (χ3v) is 3.42. The number of benzene rings is 1. The molecule has 3 nitrogen and oxygen atoms in total. The normalized spacial score (nSPS) is 10.9. The number of halogens is 2. The third-order valence-electron chi connectivity index (χ3n) is 3.05. The van der Waals surface area contributed by atoms with Crippen molar-refractivity contribution < 1.29 is 4.39 Å². The largest absolute Gasteiger partial charge is 0.313 e. The Morgan fingerprint density at radius 2 is 2.21 bits per heavy atom. The Bertz CT molecular complexity index is 566. The van der Waals surface area contributed by atoms with Gasteiger partial charge in [-0.3, -0.25) is 4.68 Å². The highest BCUT2D eigenvalue weighted by Gasteiger charge is 2.08. The minimum Gasteiger partial charge on any atom is -0.313 e. The first-order chi connectivity index (χ1) is 9.11. The van der Waals surface area contributed by atoms with Crippen molar-refractivity contribution in [3.63, 3.8) is 0 Å². The van der Waals surface area contributed by atoms with E-state index in [-0.39, 0.29) is 5.82 Å². The highest BCUT2D eigenvalue weighted by Crippen LogP contribution is 2.17. The van der Waals surface area contributed by atoms with Crippen LogP contribution in [0.15, 0.2) is 24.4 Å². The fourth-order valence-corrected chi connectivity index (χ4v) is 2.01. The van der Waals surface area contributed by atoms with Gasteiger partial charge < -0.3 is 5.32 Å². The number of hydrogen-bond donors (Lipinski definition) is 1. The molecule has 1 aromatic carbocycles. The predicted octanol–water partition coefficient (Wildman–Crippen LogP) is 3.14. The second-order valence-corrected chi connectivity index (χ2v) is 4.85. The molecule has 0 fully saturated rings. The molecule has 5 heteroatoms. The molecule has 0 spiro atoms. The molecule has 19 heavy (non-hydrogen) atoms. The van der Waals surface area contributed by atoms with Gasteiger partial charge in [-0.05, 0) is 31.2 Å². The smallest absolute Gasteiger partial charge is 0.128 e. The summed E-state index contributed by atoms with van der Waals surface area (Å²) in [5.74, 6) is -0.216. The summed E-state index contributed by atoms with van der Waals surface area (Å²) in [6.45, 7) is 5.93. The van der Waals surface area contributed by atoms with Gasteiger partial charge in [0, 0.05) is 12.1 Å². The van der Waals surface area contributed by atoms with Crippen molar-refractivity contribution >= 4 is 11.6 Å².